The van der Waals surface area contributed by atoms with Crippen molar-refractivity contribution < 1.29 is 19.9 Å². The van der Waals surface area contributed by atoms with E-state index in [9.17, 15) is 10.1 Å². The Morgan fingerprint density at radius 1 is 1.33 bits per heavy atom. The average Bonchev–Trinajstić information content (AvgIpc) is 2.37. The van der Waals surface area contributed by atoms with E-state index >= 15 is 0 Å². The number of nitro benzene ring substituents is 1. The molecule has 2 N–H and O–H groups in total. The second-order valence-corrected chi connectivity index (χ2v) is 3.55. The van der Waals surface area contributed by atoms with Crippen LogP contribution in [-0.2, 0) is 0 Å². The molecule has 1 aromatic carbocycles. The molecule has 7 heteroatoms. The summed E-state index contributed by atoms with van der Waals surface area (Å²) in [5.74, 6) is 0.483. The maximum Gasteiger partial charge on any atom is 0.292 e. The lowest BCUT2D eigenvalue weighted by molar-refractivity contribution is -0.384. The fourth-order valence-electron chi connectivity index (χ4n) is 1.63. The Morgan fingerprint density at radius 3 is 2.39 bits per heavy atom. The molecule has 0 radical (unpaired) electrons. The highest BCUT2D eigenvalue weighted by atomic mass is 16.6. The van der Waals surface area contributed by atoms with E-state index in [1.807, 2.05) is 0 Å². The van der Waals surface area contributed by atoms with Crippen molar-refractivity contribution in [1.82, 2.24) is 0 Å². The first-order chi connectivity index (χ1) is 8.63. The molecule has 0 bridgehead atoms. The number of methoxy groups -OCH3 is 1. The Balaban J connectivity index is 3.18. The van der Waals surface area contributed by atoms with E-state index in [0.717, 1.165) is 0 Å². The molecule has 0 atom stereocenters. The first-order valence-electron chi connectivity index (χ1n) is 5.43. The van der Waals surface area contributed by atoms with Crippen LogP contribution in [0.2, 0.25) is 0 Å². The van der Waals surface area contributed by atoms with E-state index < -0.39 is 4.92 Å². The van der Waals surface area contributed by atoms with Crippen molar-refractivity contribution >= 4 is 11.4 Å². The molecule has 0 aromatic heterocycles. The summed E-state index contributed by atoms with van der Waals surface area (Å²) in [6.07, 6.45) is 0. The highest BCUT2D eigenvalue weighted by Gasteiger charge is 2.19. The first-order valence-corrected chi connectivity index (χ1v) is 5.43. The van der Waals surface area contributed by atoms with Gasteiger partial charge in [-0.2, -0.15) is 0 Å². The summed E-state index contributed by atoms with van der Waals surface area (Å²) in [5.41, 5.74) is 0.236. The molecule has 0 saturated heterocycles. The predicted molar refractivity (Wildman–Crippen MR) is 66.0 cm³/mol. The van der Waals surface area contributed by atoms with Crippen LogP contribution >= 0.6 is 0 Å². The standard InChI is InChI=1S/C11H16N2O5/c1-18-9-2-3-10(13(16)17)11(8-9)12(4-6-14)5-7-15/h2-3,8,14-15H,4-7H2,1H3. The number of aliphatic hydroxyl groups is 2. The molecule has 1 aromatic rings. The van der Waals surface area contributed by atoms with Crippen LogP contribution in [0.3, 0.4) is 0 Å². The van der Waals surface area contributed by atoms with Crippen LogP contribution in [0.5, 0.6) is 5.75 Å². The van der Waals surface area contributed by atoms with Crippen LogP contribution in [0.4, 0.5) is 11.4 Å². The minimum atomic E-state index is -0.503. The largest absolute Gasteiger partial charge is 0.497 e. The Labute approximate surface area is 104 Å². The van der Waals surface area contributed by atoms with Gasteiger partial charge >= 0.3 is 0 Å². The third-order valence-electron chi connectivity index (χ3n) is 2.46. The molecule has 0 aliphatic heterocycles. The molecule has 0 unspecified atom stereocenters. The number of aliphatic hydroxyl groups excluding tert-OH is 2. The number of nitro groups is 1. The molecule has 0 aliphatic rings. The Morgan fingerprint density at radius 2 is 1.94 bits per heavy atom. The van der Waals surface area contributed by atoms with Gasteiger partial charge in [-0.25, -0.2) is 0 Å². The van der Waals surface area contributed by atoms with Crippen LogP contribution in [0.1, 0.15) is 0 Å². The average molecular weight is 256 g/mol. The molecule has 7 nitrogen and oxygen atoms in total. The number of rotatable bonds is 7. The fourth-order valence-corrected chi connectivity index (χ4v) is 1.63. The van der Waals surface area contributed by atoms with E-state index in [2.05, 4.69) is 0 Å². The van der Waals surface area contributed by atoms with E-state index in [4.69, 9.17) is 14.9 Å². The van der Waals surface area contributed by atoms with E-state index in [1.54, 1.807) is 4.90 Å². The zero-order valence-electron chi connectivity index (χ0n) is 10.1. The van der Waals surface area contributed by atoms with Crippen molar-refractivity contribution in [2.45, 2.75) is 0 Å². The van der Waals surface area contributed by atoms with Gasteiger partial charge < -0.3 is 19.8 Å². The summed E-state index contributed by atoms with van der Waals surface area (Å²) in [4.78, 5) is 12.0. The monoisotopic (exact) mass is 256 g/mol. The molecule has 1 rings (SSSR count). The molecule has 0 spiro atoms. The molecule has 18 heavy (non-hydrogen) atoms. The van der Waals surface area contributed by atoms with Gasteiger partial charge in [-0.15, -0.1) is 0 Å². The Kier molecular flexibility index (Phi) is 5.34. The minimum absolute atomic E-state index is 0.0855. The summed E-state index contributed by atoms with van der Waals surface area (Å²) in [6.45, 7) is 0.0892. The lowest BCUT2D eigenvalue weighted by Gasteiger charge is -2.22. The highest BCUT2D eigenvalue weighted by Crippen LogP contribution is 2.31. The smallest absolute Gasteiger partial charge is 0.292 e. The normalized spacial score (nSPS) is 10.2. The minimum Gasteiger partial charge on any atom is -0.497 e. The molecule has 0 saturated carbocycles. The molecule has 0 heterocycles. The van der Waals surface area contributed by atoms with Gasteiger partial charge in [0.05, 0.1) is 25.2 Å². The zero-order valence-corrected chi connectivity index (χ0v) is 10.1. The van der Waals surface area contributed by atoms with Gasteiger partial charge in [-0.3, -0.25) is 10.1 Å². The third-order valence-corrected chi connectivity index (χ3v) is 2.46. The van der Waals surface area contributed by atoms with Gasteiger partial charge in [-0.1, -0.05) is 0 Å². The quantitative estimate of drug-likeness (QED) is 0.541. The van der Waals surface area contributed by atoms with Crippen LogP contribution in [0.25, 0.3) is 0 Å². The number of anilines is 1. The molecule has 0 aliphatic carbocycles. The van der Waals surface area contributed by atoms with E-state index in [1.165, 1.54) is 25.3 Å². The highest BCUT2D eigenvalue weighted by molar-refractivity contribution is 5.65. The van der Waals surface area contributed by atoms with Crippen molar-refractivity contribution in [2.24, 2.45) is 0 Å². The van der Waals surface area contributed by atoms with Gasteiger partial charge in [0.15, 0.2) is 0 Å². The number of benzene rings is 1. The molecule has 0 amide bonds. The SMILES string of the molecule is COc1ccc([N+](=O)[O-])c(N(CCO)CCO)c1. The zero-order chi connectivity index (χ0) is 13.5. The van der Waals surface area contributed by atoms with Crippen LogP contribution in [0, 0.1) is 10.1 Å². The van der Waals surface area contributed by atoms with Crippen molar-refractivity contribution in [3.05, 3.63) is 28.3 Å². The number of nitrogens with zero attached hydrogens (tertiary/aromatic N) is 2. The summed E-state index contributed by atoms with van der Waals surface area (Å²) in [6, 6.07) is 4.36. The predicted octanol–water partition coefficient (Wildman–Crippen LogP) is 0.394. The number of ether oxygens (including phenoxy) is 1. The Bertz CT molecular complexity index is 404. The van der Waals surface area contributed by atoms with Gasteiger partial charge in [0, 0.05) is 25.2 Å². The maximum absolute atomic E-state index is 10.9. The van der Waals surface area contributed by atoms with Crippen molar-refractivity contribution in [3.8, 4) is 5.75 Å². The topological polar surface area (TPSA) is 96.1 Å². The summed E-state index contributed by atoms with van der Waals surface area (Å²) in [7, 11) is 1.47. The molecule has 100 valence electrons. The first kappa shape index (κ1) is 14.2. The third kappa shape index (κ3) is 3.31. The summed E-state index contributed by atoms with van der Waals surface area (Å²) < 4.78 is 5.02. The maximum atomic E-state index is 10.9. The molecular formula is C11H16N2O5. The van der Waals surface area contributed by atoms with Crippen LogP contribution in [-0.4, -0.2) is 48.5 Å². The molecular weight excluding hydrogens is 240 g/mol. The van der Waals surface area contributed by atoms with Crippen molar-refractivity contribution in [2.75, 3.05) is 38.3 Å². The van der Waals surface area contributed by atoms with Crippen molar-refractivity contribution in [3.63, 3.8) is 0 Å². The Hall–Kier alpha value is -1.86. The number of hydrogen-bond acceptors (Lipinski definition) is 6. The van der Waals surface area contributed by atoms with Crippen molar-refractivity contribution in [1.29, 1.82) is 0 Å². The fraction of sp³-hybridized carbons (Fsp3) is 0.455. The second kappa shape index (κ2) is 6.77. The van der Waals surface area contributed by atoms with Gasteiger partial charge in [0.25, 0.3) is 5.69 Å². The van der Waals surface area contributed by atoms with E-state index in [-0.39, 0.29) is 32.0 Å². The van der Waals surface area contributed by atoms with Gasteiger partial charge in [0.1, 0.15) is 11.4 Å². The molecule has 0 fully saturated rings. The lowest BCUT2D eigenvalue weighted by Crippen LogP contribution is -2.30. The summed E-state index contributed by atoms with van der Waals surface area (Å²) >= 11 is 0. The van der Waals surface area contributed by atoms with Gasteiger partial charge in [-0.05, 0) is 6.07 Å². The second-order valence-electron chi connectivity index (χ2n) is 3.55. The number of hydrogen-bond donors (Lipinski definition) is 2. The van der Waals surface area contributed by atoms with Crippen LogP contribution in [0.15, 0.2) is 18.2 Å². The van der Waals surface area contributed by atoms with E-state index in [0.29, 0.717) is 11.4 Å². The lowest BCUT2D eigenvalue weighted by atomic mass is 10.2. The van der Waals surface area contributed by atoms with Gasteiger partial charge in [0.2, 0.25) is 0 Å². The van der Waals surface area contributed by atoms with Crippen LogP contribution < -0.4 is 9.64 Å². The summed E-state index contributed by atoms with van der Waals surface area (Å²) in [5, 5.41) is 28.9.